The molecule has 5 nitrogen and oxygen atoms in total. The van der Waals surface area contributed by atoms with E-state index in [2.05, 4.69) is 21.9 Å². The fraction of sp³-hybridized carbons (Fsp3) is 0.0667. The summed E-state index contributed by atoms with van der Waals surface area (Å²) >= 11 is 13.7. The van der Waals surface area contributed by atoms with Crippen molar-refractivity contribution in [1.82, 2.24) is 4.98 Å². The van der Waals surface area contributed by atoms with Gasteiger partial charge in [0.15, 0.2) is 0 Å². The third-order valence-corrected chi connectivity index (χ3v) is 4.69. The maximum atomic E-state index is 9.27. The Morgan fingerprint density at radius 1 is 1.26 bits per heavy atom. The molecule has 2 N–H and O–H groups in total. The molecule has 3 aromatic rings. The zero-order valence-corrected chi connectivity index (χ0v) is 14.2. The minimum absolute atomic E-state index is 0.422. The van der Waals surface area contributed by atoms with Crippen molar-refractivity contribution in [2.45, 2.75) is 0 Å². The second kappa shape index (κ2) is 6.50. The number of hydrogen-bond acceptors (Lipinski definition) is 6. The van der Waals surface area contributed by atoms with Gasteiger partial charge in [0, 0.05) is 12.3 Å². The lowest BCUT2D eigenvalue weighted by atomic mass is 10.2. The number of methoxy groups -OCH3 is 1. The van der Waals surface area contributed by atoms with E-state index in [1.165, 1.54) is 24.6 Å². The fourth-order valence-electron chi connectivity index (χ4n) is 2.03. The highest BCUT2D eigenvalue weighted by Gasteiger charge is 2.12. The Morgan fingerprint density at radius 3 is 2.83 bits per heavy atom. The molecule has 2 aromatic heterocycles. The summed E-state index contributed by atoms with van der Waals surface area (Å²) in [4.78, 5) is 4.24. The highest BCUT2D eigenvalue weighted by atomic mass is 35.5. The number of thiophene rings is 1. The van der Waals surface area contributed by atoms with Crippen LogP contribution in [0.5, 0.6) is 5.75 Å². The van der Waals surface area contributed by atoms with Crippen molar-refractivity contribution in [2.75, 3.05) is 18.0 Å². The number of benzene rings is 1. The van der Waals surface area contributed by atoms with Crippen molar-refractivity contribution >= 4 is 56.1 Å². The number of hydrazine groups is 1. The number of ether oxygens (including phenoxy) is 1. The molecule has 8 heteroatoms. The van der Waals surface area contributed by atoms with Gasteiger partial charge >= 0.3 is 0 Å². The number of nitrogens with one attached hydrogen (secondary N) is 2. The first-order valence-corrected chi connectivity index (χ1v) is 8.09. The summed E-state index contributed by atoms with van der Waals surface area (Å²) in [6, 6.07) is 7.28. The number of nitrogens with zero attached hydrogens (tertiary/aromatic N) is 2. The number of halogens is 2. The summed E-state index contributed by atoms with van der Waals surface area (Å²) in [5.41, 5.74) is 8.52. The average molecular weight is 365 g/mol. The molecule has 0 radical (unpaired) electrons. The highest BCUT2D eigenvalue weighted by Crippen LogP contribution is 2.35. The third-order valence-electron chi connectivity index (χ3n) is 3.16. The zero-order valence-electron chi connectivity index (χ0n) is 11.9. The molecule has 0 amide bonds. The van der Waals surface area contributed by atoms with Crippen LogP contribution in [0.15, 0.2) is 29.8 Å². The van der Waals surface area contributed by atoms with Crippen LogP contribution < -0.4 is 15.6 Å². The Labute approximate surface area is 146 Å². The molecule has 0 aliphatic carbocycles. The summed E-state index contributed by atoms with van der Waals surface area (Å²) in [6.07, 6.45) is 1.53. The molecule has 0 aliphatic heterocycles. The van der Waals surface area contributed by atoms with Crippen molar-refractivity contribution in [3.05, 3.63) is 45.4 Å². The molecule has 2 heterocycles. The van der Waals surface area contributed by atoms with Crippen LogP contribution >= 0.6 is 34.5 Å². The van der Waals surface area contributed by atoms with E-state index in [1.54, 1.807) is 12.1 Å². The van der Waals surface area contributed by atoms with Crippen LogP contribution in [-0.4, -0.2) is 12.1 Å². The smallest absolute Gasteiger partial charge is 0.139 e. The molecule has 0 aliphatic rings. The van der Waals surface area contributed by atoms with Crippen LogP contribution in [0.4, 0.5) is 11.4 Å². The third kappa shape index (κ3) is 2.99. The topological polar surface area (TPSA) is 70.0 Å². The zero-order chi connectivity index (χ0) is 16.4. The minimum atomic E-state index is 0.422. The molecule has 0 saturated carbocycles. The molecule has 116 valence electrons. The van der Waals surface area contributed by atoms with E-state index in [4.69, 9.17) is 27.9 Å². The molecule has 1 aromatic carbocycles. The molecule has 0 spiro atoms. The van der Waals surface area contributed by atoms with Gasteiger partial charge in [-0.3, -0.25) is 15.8 Å². The Balaban J connectivity index is 1.95. The Morgan fingerprint density at radius 2 is 2.09 bits per heavy atom. The molecule has 0 bridgehead atoms. The first-order chi connectivity index (χ1) is 11.1. The van der Waals surface area contributed by atoms with E-state index in [1.807, 2.05) is 11.4 Å². The quantitative estimate of drug-likeness (QED) is 0.642. The first kappa shape index (κ1) is 15.7. The molecule has 0 atom stereocenters. The maximum Gasteiger partial charge on any atom is 0.139 e. The number of pyridine rings is 1. The molecule has 23 heavy (non-hydrogen) atoms. The van der Waals surface area contributed by atoms with E-state index in [-0.39, 0.29) is 0 Å². The van der Waals surface area contributed by atoms with Crippen LogP contribution in [0, 0.1) is 11.3 Å². The lowest BCUT2D eigenvalue weighted by molar-refractivity contribution is 0.415. The van der Waals surface area contributed by atoms with Gasteiger partial charge in [-0.1, -0.05) is 23.2 Å². The highest BCUT2D eigenvalue weighted by molar-refractivity contribution is 7.17. The number of nitriles is 1. The van der Waals surface area contributed by atoms with Gasteiger partial charge < -0.3 is 4.74 Å². The lowest BCUT2D eigenvalue weighted by Crippen LogP contribution is -2.11. The van der Waals surface area contributed by atoms with E-state index >= 15 is 0 Å². The minimum Gasteiger partial charge on any atom is -0.495 e. The Bertz CT molecular complexity index is 920. The van der Waals surface area contributed by atoms with Crippen molar-refractivity contribution in [3.8, 4) is 11.8 Å². The van der Waals surface area contributed by atoms with Crippen LogP contribution in [0.3, 0.4) is 0 Å². The average Bonchev–Trinajstić information content (AvgIpc) is 3.02. The van der Waals surface area contributed by atoms with Crippen molar-refractivity contribution < 1.29 is 4.74 Å². The molecular weight excluding hydrogens is 355 g/mol. The van der Waals surface area contributed by atoms with Crippen LogP contribution in [0.2, 0.25) is 10.0 Å². The number of anilines is 2. The predicted molar refractivity (Wildman–Crippen MR) is 94.6 cm³/mol. The molecule has 0 saturated heterocycles. The second-order valence-corrected chi connectivity index (χ2v) is 6.24. The summed E-state index contributed by atoms with van der Waals surface area (Å²) in [5, 5.41) is 12.0. The van der Waals surface area contributed by atoms with Gasteiger partial charge in [0.2, 0.25) is 0 Å². The van der Waals surface area contributed by atoms with Crippen molar-refractivity contribution in [2.24, 2.45) is 0 Å². The summed E-state index contributed by atoms with van der Waals surface area (Å²) in [6.45, 7) is 0. The largest absolute Gasteiger partial charge is 0.495 e. The summed E-state index contributed by atoms with van der Waals surface area (Å²) in [5.74, 6) is 0.497. The van der Waals surface area contributed by atoms with Crippen molar-refractivity contribution in [3.63, 3.8) is 0 Å². The second-order valence-electron chi connectivity index (χ2n) is 4.51. The maximum absolute atomic E-state index is 9.27. The van der Waals surface area contributed by atoms with E-state index in [9.17, 15) is 5.26 Å². The Hall–Kier alpha value is -2.20. The molecule has 0 unspecified atom stereocenters. The SMILES string of the molecule is COc1cc(NNc2c(C#N)cnc3ccsc23)c(Cl)cc1Cl. The van der Waals surface area contributed by atoms with E-state index in [0.717, 1.165) is 10.2 Å². The number of hydrogen-bond donors (Lipinski definition) is 2. The summed E-state index contributed by atoms with van der Waals surface area (Å²) < 4.78 is 6.06. The normalized spacial score (nSPS) is 10.3. The standard InChI is InChI=1S/C15H10Cl2N4OS/c1-22-13-5-12(9(16)4-10(13)17)20-21-14-8(6-18)7-19-11-2-3-23-15(11)14/h2-5,7,20H,1H3,(H,19,21). The van der Waals surface area contributed by atoms with Gasteiger partial charge in [0.1, 0.15) is 11.8 Å². The lowest BCUT2D eigenvalue weighted by Gasteiger charge is -2.14. The first-order valence-electron chi connectivity index (χ1n) is 6.45. The van der Waals surface area contributed by atoms with Crippen LogP contribution in [0.1, 0.15) is 5.56 Å². The monoisotopic (exact) mass is 364 g/mol. The molecule has 0 fully saturated rings. The fourth-order valence-corrected chi connectivity index (χ4v) is 3.39. The van der Waals surface area contributed by atoms with Gasteiger partial charge in [-0.15, -0.1) is 11.3 Å². The Kier molecular flexibility index (Phi) is 4.44. The van der Waals surface area contributed by atoms with E-state index < -0.39 is 0 Å². The van der Waals surface area contributed by atoms with Gasteiger partial charge in [0.05, 0.1) is 44.3 Å². The number of aromatic nitrogens is 1. The molecule has 3 rings (SSSR count). The number of fused-ring (bicyclic) bond motifs is 1. The van der Waals surface area contributed by atoms with Gasteiger partial charge in [-0.05, 0) is 17.5 Å². The van der Waals surface area contributed by atoms with E-state index in [0.29, 0.717) is 32.7 Å². The van der Waals surface area contributed by atoms with Crippen LogP contribution in [-0.2, 0) is 0 Å². The van der Waals surface area contributed by atoms with Gasteiger partial charge in [-0.25, -0.2) is 0 Å². The number of rotatable bonds is 4. The van der Waals surface area contributed by atoms with Gasteiger partial charge in [-0.2, -0.15) is 5.26 Å². The predicted octanol–water partition coefficient (Wildman–Crippen LogP) is 4.92. The molecular formula is C15H10Cl2N4OS. The van der Waals surface area contributed by atoms with Gasteiger partial charge in [0.25, 0.3) is 0 Å². The summed E-state index contributed by atoms with van der Waals surface area (Å²) in [7, 11) is 1.53. The van der Waals surface area contributed by atoms with Crippen molar-refractivity contribution in [1.29, 1.82) is 5.26 Å². The van der Waals surface area contributed by atoms with Crippen LogP contribution in [0.25, 0.3) is 10.2 Å².